The number of halogens is 2. The number of rotatable bonds is 6. The summed E-state index contributed by atoms with van der Waals surface area (Å²) in [7, 11) is 0. The first kappa shape index (κ1) is 18.7. The number of hydrogen-bond donors (Lipinski definition) is 2. The lowest BCUT2D eigenvalue weighted by molar-refractivity contribution is -0.121. The number of amides is 1. The molecule has 3 rings (SSSR count). The Bertz CT molecular complexity index is 672. The molecule has 2 N–H and O–H groups in total. The lowest BCUT2D eigenvalue weighted by Gasteiger charge is -2.07. The van der Waals surface area contributed by atoms with Crippen LogP contribution in [0.5, 0.6) is 0 Å². The van der Waals surface area contributed by atoms with Crippen molar-refractivity contribution < 1.29 is 9.32 Å². The second-order valence-electron chi connectivity index (χ2n) is 5.70. The maximum atomic E-state index is 11.9. The fraction of sp³-hybridized carbons (Fsp3) is 0.438. The van der Waals surface area contributed by atoms with Crippen LogP contribution in [0.25, 0.3) is 11.4 Å². The third-order valence-corrected chi connectivity index (χ3v) is 4.16. The summed E-state index contributed by atoms with van der Waals surface area (Å²) in [4.78, 5) is 16.1. The van der Waals surface area contributed by atoms with E-state index >= 15 is 0 Å². The maximum absolute atomic E-state index is 11.9. The van der Waals surface area contributed by atoms with E-state index in [9.17, 15) is 4.79 Å². The van der Waals surface area contributed by atoms with E-state index in [4.69, 9.17) is 16.1 Å². The molecule has 1 aromatic heterocycles. The molecule has 1 amide bonds. The molecule has 0 aliphatic carbocycles. The van der Waals surface area contributed by atoms with Gasteiger partial charge in [-0.05, 0) is 44.0 Å². The van der Waals surface area contributed by atoms with Gasteiger partial charge in [-0.25, -0.2) is 0 Å². The molecule has 1 aliphatic rings. The highest BCUT2D eigenvalue weighted by molar-refractivity contribution is 6.30. The molecule has 1 saturated heterocycles. The lowest BCUT2D eigenvalue weighted by Crippen LogP contribution is -2.23. The first-order valence-corrected chi connectivity index (χ1v) is 8.14. The van der Waals surface area contributed by atoms with Gasteiger partial charge in [-0.2, -0.15) is 4.98 Å². The summed E-state index contributed by atoms with van der Waals surface area (Å²) in [5.41, 5.74) is 0.785. The van der Waals surface area contributed by atoms with E-state index in [1.54, 1.807) is 12.1 Å². The van der Waals surface area contributed by atoms with Gasteiger partial charge in [0.25, 0.3) is 0 Å². The van der Waals surface area contributed by atoms with Gasteiger partial charge in [0.1, 0.15) is 0 Å². The van der Waals surface area contributed by atoms with E-state index in [0.29, 0.717) is 29.1 Å². The van der Waals surface area contributed by atoms with Crippen molar-refractivity contribution in [1.82, 2.24) is 20.8 Å². The predicted octanol–water partition coefficient (Wildman–Crippen LogP) is 2.82. The largest absolute Gasteiger partial charge is 0.347 e. The average Bonchev–Trinajstić information content (AvgIpc) is 3.22. The highest BCUT2D eigenvalue weighted by Gasteiger charge is 2.16. The summed E-state index contributed by atoms with van der Waals surface area (Å²) in [6, 6.07) is 7.23. The molecule has 1 fully saturated rings. The van der Waals surface area contributed by atoms with Crippen LogP contribution in [-0.2, 0) is 11.3 Å². The molecule has 1 aromatic carbocycles. The molecule has 8 heteroatoms. The Morgan fingerprint density at radius 1 is 1.46 bits per heavy atom. The molecule has 24 heavy (non-hydrogen) atoms. The van der Waals surface area contributed by atoms with Crippen molar-refractivity contribution >= 4 is 29.9 Å². The van der Waals surface area contributed by atoms with Gasteiger partial charge in [-0.15, -0.1) is 12.4 Å². The van der Waals surface area contributed by atoms with Gasteiger partial charge in [0, 0.05) is 17.0 Å². The molecular weight excluding hydrogens is 351 g/mol. The normalized spacial score (nSPS) is 16.6. The number of nitrogens with zero attached hydrogens (tertiary/aromatic N) is 2. The zero-order valence-electron chi connectivity index (χ0n) is 13.1. The van der Waals surface area contributed by atoms with E-state index < -0.39 is 0 Å². The predicted molar refractivity (Wildman–Crippen MR) is 94.0 cm³/mol. The van der Waals surface area contributed by atoms with E-state index in [-0.39, 0.29) is 24.9 Å². The standard InChI is InChI=1S/C16H19ClN4O2.ClH/c17-13-3-1-2-12(8-13)16-20-15(23-21-16)10-19-14(22)5-4-11-6-7-18-9-11;/h1-3,8,11,18H,4-7,9-10H2,(H,19,22);1H. The number of nitrogens with one attached hydrogen (secondary N) is 2. The summed E-state index contributed by atoms with van der Waals surface area (Å²) in [6.45, 7) is 2.32. The van der Waals surface area contributed by atoms with Gasteiger partial charge in [0.2, 0.25) is 17.6 Å². The van der Waals surface area contributed by atoms with Crippen LogP contribution in [0.15, 0.2) is 28.8 Å². The van der Waals surface area contributed by atoms with Crippen LogP contribution in [0.2, 0.25) is 5.02 Å². The summed E-state index contributed by atoms with van der Waals surface area (Å²) in [6.07, 6.45) is 2.60. The molecule has 6 nitrogen and oxygen atoms in total. The second-order valence-corrected chi connectivity index (χ2v) is 6.13. The van der Waals surface area contributed by atoms with Crippen molar-refractivity contribution in [3.63, 3.8) is 0 Å². The minimum absolute atomic E-state index is 0. The Balaban J connectivity index is 0.00000208. The Labute approximate surface area is 151 Å². The van der Waals surface area contributed by atoms with Crippen molar-refractivity contribution in [3.05, 3.63) is 35.2 Å². The van der Waals surface area contributed by atoms with Crippen LogP contribution in [0.4, 0.5) is 0 Å². The Hall–Kier alpha value is -1.63. The number of benzene rings is 1. The van der Waals surface area contributed by atoms with Gasteiger partial charge in [-0.3, -0.25) is 4.79 Å². The molecule has 2 heterocycles. The third kappa shape index (κ3) is 5.19. The number of aromatic nitrogens is 2. The lowest BCUT2D eigenvalue weighted by atomic mass is 10.0. The fourth-order valence-corrected chi connectivity index (χ4v) is 2.82. The summed E-state index contributed by atoms with van der Waals surface area (Å²) >= 11 is 5.95. The van der Waals surface area contributed by atoms with Crippen molar-refractivity contribution in [3.8, 4) is 11.4 Å². The fourth-order valence-electron chi connectivity index (χ4n) is 2.63. The van der Waals surface area contributed by atoms with Gasteiger partial charge >= 0.3 is 0 Å². The Morgan fingerprint density at radius 3 is 3.08 bits per heavy atom. The summed E-state index contributed by atoms with van der Waals surface area (Å²) in [5, 5.41) is 10.6. The minimum atomic E-state index is 0. The molecular formula is C16H20Cl2N4O2. The number of carbonyl (C=O) groups is 1. The van der Waals surface area contributed by atoms with E-state index in [0.717, 1.165) is 31.5 Å². The quantitative estimate of drug-likeness (QED) is 0.816. The van der Waals surface area contributed by atoms with E-state index in [1.165, 1.54) is 0 Å². The number of hydrogen-bond acceptors (Lipinski definition) is 5. The van der Waals surface area contributed by atoms with Gasteiger partial charge in [0.15, 0.2) is 0 Å². The molecule has 0 spiro atoms. The SMILES string of the molecule is Cl.O=C(CCC1CCNC1)NCc1nc(-c2cccc(Cl)c2)no1. The zero-order chi connectivity index (χ0) is 16.1. The van der Waals surface area contributed by atoms with Crippen LogP contribution >= 0.6 is 24.0 Å². The molecule has 130 valence electrons. The molecule has 1 unspecified atom stereocenters. The highest BCUT2D eigenvalue weighted by atomic mass is 35.5. The third-order valence-electron chi connectivity index (χ3n) is 3.93. The Kier molecular flexibility index (Phi) is 7.02. The molecule has 2 aromatic rings. The Morgan fingerprint density at radius 2 is 2.33 bits per heavy atom. The van der Waals surface area contributed by atoms with Crippen molar-refractivity contribution in [2.75, 3.05) is 13.1 Å². The van der Waals surface area contributed by atoms with Crippen LogP contribution in [0.3, 0.4) is 0 Å². The summed E-state index contributed by atoms with van der Waals surface area (Å²) < 4.78 is 5.16. The molecule has 0 radical (unpaired) electrons. The van der Waals surface area contributed by atoms with Crippen LogP contribution < -0.4 is 10.6 Å². The molecule has 0 bridgehead atoms. The maximum Gasteiger partial charge on any atom is 0.246 e. The van der Waals surface area contributed by atoms with Crippen molar-refractivity contribution in [1.29, 1.82) is 0 Å². The molecule has 0 saturated carbocycles. The van der Waals surface area contributed by atoms with Gasteiger partial charge < -0.3 is 15.2 Å². The smallest absolute Gasteiger partial charge is 0.246 e. The molecule has 1 aliphatic heterocycles. The number of carbonyl (C=O) groups excluding carboxylic acids is 1. The van der Waals surface area contributed by atoms with Crippen LogP contribution in [0.1, 0.15) is 25.2 Å². The first-order chi connectivity index (χ1) is 11.2. The minimum Gasteiger partial charge on any atom is -0.347 e. The highest BCUT2D eigenvalue weighted by Crippen LogP contribution is 2.20. The average molecular weight is 371 g/mol. The second kappa shape index (κ2) is 9.01. The topological polar surface area (TPSA) is 80.0 Å². The van der Waals surface area contributed by atoms with E-state index in [2.05, 4.69) is 20.8 Å². The summed E-state index contributed by atoms with van der Waals surface area (Å²) in [5.74, 6) is 1.47. The van der Waals surface area contributed by atoms with Crippen LogP contribution in [0, 0.1) is 5.92 Å². The van der Waals surface area contributed by atoms with Crippen molar-refractivity contribution in [2.24, 2.45) is 5.92 Å². The zero-order valence-corrected chi connectivity index (χ0v) is 14.7. The monoisotopic (exact) mass is 370 g/mol. The van der Waals surface area contributed by atoms with E-state index in [1.807, 2.05) is 12.1 Å². The first-order valence-electron chi connectivity index (χ1n) is 7.76. The van der Waals surface area contributed by atoms with Crippen LogP contribution in [-0.4, -0.2) is 29.1 Å². The van der Waals surface area contributed by atoms with Gasteiger partial charge in [0.05, 0.1) is 6.54 Å². The molecule has 1 atom stereocenters. The van der Waals surface area contributed by atoms with Crippen molar-refractivity contribution in [2.45, 2.75) is 25.8 Å². The van der Waals surface area contributed by atoms with Gasteiger partial charge in [-0.1, -0.05) is 28.9 Å².